The Kier molecular flexibility index (Phi) is 3.99. The molecule has 3 aromatic rings. The minimum absolute atomic E-state index is 0.0407. The summed E-state index contributed by atoms with van der Waals surface area (Å²) in [5.41, 5.74) is 8.79. The predicted octanol–water partition coefficient (Wildman–Crippen LogP) is 3.14. The van der Waals surface area contributed by atoms with E-state index in [2.05, 4.69) is 32.9 Å². The number of aromatic nitrogens is 4. The molecule has 0 bridgehead atoms. The van der Waals surface area contributed by atoms with E-state index in [0.29, 0.717) is 27.8 Å². The van der Waals surface area contributed by atoms with Crippen LogP contribution in [-0.2, 0) is 4.74 Å². The molecule has 0 amide bonds. The number of fused-ring (bicyclic) bond motifs is 1. The highest BCUT2D eigenvalue weighted by Crippen LogP contribution is 2.30. The van der Waals surface area contributed by atoms with Crippen LogP contribution >= 0.6 is 12.6 Å². The molecule has 8 heteroatoms. The largest absolute Gasteiger partial charge is 0.397 e. The van der Waals surface area contributed by atoms with Crippen LogP contribution in [-0.4, -0.2) is 26.1 Å². The third kappa shape index (κ3) is 2.78. The zero-order valence-corrected chi connectivity index (χ0v) is 13.9. The minimum atomic E-state index is -0.0407. The van der Waals surface area contributed by atoms with Gasteiger partial charge < -0.3 is 15.8 Å². The summed E-state index contributed by atoms with van der Waals surface area (Å²) in [6.45, 7) is 0.759. The Morgan fingerprint density at radius 3 is 2.92 bits per heavy atom. The molecule has 1 fully saturated rings. The lowest BCUT2D eigenvalue weighted by Crippen LogP contribution is -2.17. The van der Waals surface area contributed by atoms with Gasteiger partial charge in [0.05, 0.1) is 17.7 Å². The number of thiol groups is 1. The second-order valence-corrected chi connectivity index (χ2v) is 6.13. The summed E-state index contributed by atoms with van der Waals surface area (Å²) in [7, 11) is 0. The second kappa shape index (κ2) is 6.29. The van der Waals surface area contributed by atoms with Gasteiger partial charge in [-0.05, 0) is 31.4 Å². The number of nitrogens with zero attached hydrogens (tertiary/aromatic N) is 4. The number of hydrogen-bond acceptors (Lipinski definition) is 7. The van der Waals surface area contributed by atoms with Crippen molar-refractivity contribution in [3.05, 3.63) is 30.6 Å². The van der Waals surface area contributed by atoms with Crippen LogP contribution in [0.4, 0.5) is 17.2 Å². The minimum Gasteiger partial charge on any atom is -0.397 e. The molecule has 3 heterocycles. The van der Waals surface area contributed by atoms with E-state index in [1.165, 1.54) is 0 Å². The SMILES string of the molecule is Nc1ccccc1Nc1nc(S)nc2c1ncn2C1CCCCO1. The average molecular weight is 342 g/mol. The smallest absolute Gasteiger partial charge is 0.188 e. The van der Waals surface area contributed by atoms with Crippen molar-refractivity contribution in [2.75, 3.05) is 17.7 Å². The van der Waals surface area contributed by atoms with Gasteiger partial charge in [0.1, 0.15) is 6.23 Å². The van der Waals surface area contributed by atoms with E-state index in [-0.39, 0.29) is 6.23 Å². The van der Waals surface area contributed by atoms with Crippen LogP contribution in [0, 0.1) is 0 Å². The van der Waals surface area contributed by atoms with Gasteiger partial charge in [0.25, 0.3) is 0 Å². The highest BCUT2D eigenvalue weighted by molar-refractivity contribution is 7.80. The first-order chi connectivity index (χ1) is 11.7. The summed E-state index contributed by atoms with van der Waals surface area (Å²) in [5.74, 6) is 0.581. The quantitative estimate of drug-likeness (QED) is 0.385. The average Bonchev–Trinajstić information content (AvgIpc) is 3.01. The fourth-order valence-electron chi connectivity index (χ4n) is 2.88. The summed E-state index contributed by atoms with van der Waals surface area (Å²) in [5, 5.41) is 3.60. The third-order valence-corrected chi connectivity index (χ3v) is 4.29. The molecule has 1 saturated heterocycles. The fraction of sp³-hybridized carbons (Fsp3) is 0.312. The molecule has 1 atom stereocenters. The lowest BCUT2D eigenvalue weighted by molar-refractivity contribution is -0.0298. The Balaban J connectivity index is 1.76. The number of ether oxygens (including phenoxy) is 1. The molecule has 0 aliphatic carbocycles. The normalized spacial score (nSPS) is 18.0. The molecular formula is C16H18N6OS. The zero-order chi connectivity index (χ0) is 16.5. The van der Waals surface area contributed by atoms with E-state index in [1.54, 1.807) is 6.33 Å². The van der Waals surface area contributed by atoms with Crippen molar-refractivity contribution in [3.63, 3.8) is 0 Å². The van der Waals surface area contributed by atoms with Crippen LogP contribution in [0.25, 0.3) is 11.2 Å². The number of imidazole rings is 1. The number of rotatable bonds is 3. The number of nitrogens with one attached hydrogen (secondary N) is 1. The highest BCUT2D eigenvalue weighted by Gasteiger charge is 2.21. The molecular weight excluding hydrogens is 324 g/mol. The number of nitrogens with two attached hydrogens (primary N) is 1. The van der Waals surface area contributed by atoms with Gasteiger partial charge in [0.2, 0.25) is 0 Å². The molecule has 1 aliphatic rings. The molecule has 24 heavy (non-hydrogen) atoms. The third-order valence-electron chi connectivity index (χ3n) is 4.09. The van der Waals surface area contributed by atoms with Crippen molar-refractivity contribution >= 4 is 41.0 Å². The topological polar surface area (TPSA) is 90.9 Å². The van der Waals surface area contributed by atoms with Crippen molar-refractivity contribution in [1.29, 1.82) is 0 Å². The summed E-state index contributed by atoms with van der Waals surface area (Å²) in [4.78, 5) is 13.3. The number of hydrogen-bond donors (Lipinski definition) is 3. The van der Waals surface area contributed by atoms with Gasteiger partial charge in [-0.25, -0.2) is 15.0 Å². The Labute approximate surface area is 144 Å². The second-order valence-electron chi connectivity index (χ2n) is 5.73. The highest BCUT2D eigenvalue weighted by atomic mass is 32.1. The first kappa shape index (κ1) is 15.2. The summed E-state index contributed by atoms with van der Waals surface area (Å²) in [6, 6.07) is 7.52. The molecule has 0 saturated carbocycles. The number of nitrogen functional groups attached to an aromatic ring is 1. The molecule has 7 nitrogen and oxygen atoms in total. The van der Waals surface area contributed by atoms with E-state index in [9.17, 15) is 0 Å². The van der Waals surface area contributed by atoms with E-state index in [1.807, 2.05) is 28.8 Å². The van der Waals surface area contributed by atoms with Crippen LogP contribution in [0.5, 0.6) is 0 Å². The fourth-order valence-corrected chi connectivity index (χ4v) is 3.08. The molecule has 4 rings (SSSR count). The maximum Gasteiger partial charge on any atom is 0.188 e. The molecule has 0 spiro atoms. The maximum absolute atomic E-state index is 6.00. The molecule has 2 aromatic heterocycles. The number of para-hydroxylation sites is 2. The lowest BCUT2D eigenvalue weighted by atomic mass is 10.2. The molecule has 0 radical (unpaired) electrons. The van der Waals surface area contributed by atoms with Crippen LogP contribution in [0.1, 0.15) is 25.5 Å². The van der Waals surface area contributed by atoms with Crippen molar-refractivity contribution in [2.24, 2.45) is 0 Å². The molecule has 1 unspecified atom stereocenters. The van der Waals surface area contributed by atoms with Crippen molar-refractivity contribution < 1.29 is 4.74 Å². The zero-order valence-electron chi connectivity index (χ0n) is 13.0. The summed E-state index contributed by atoms with van der Waals surface area (Å²) < 4.78 is 7.80. The predicted molar refractivity (Wildman–Crippen MR) is 95.6 cm³/mol. The van der Waals surface area contributed by atoms with Gasteiger partial charge in [-0.15, -0.1) is 12.6 Å². The van der Waals surface area contributed by atoms with E-state index < -0.39 is 0 Å². The Bertz CT molecular complexity index is 874. The summed E-state index contributed by atoms with van der Waals surface area (Å²) in [6.07, 6.45) is 4.89. The van der Waals surface area contributed by atoms with Gasteiger partial charge >= 0.3 is 0 Å². The van der Waals surface area contributed by atoms with Gasteiger partial charge in [-0.1, -0.05) is 12.1 Å². The monoisotopic (exact) mass is 342 g/mol. The lowest BCUT2D eigenvalue weighted by Gasteiger charge is -2.23. The van der Waals surface area contributed by atoms with Crippen molar-refractivity contribution in [3.8, 4) is 0 Å². The van der Waals surface area contributed by atoms with Crippen LogP contribution in [0.3, 0.4) is 0 Å². The summed E-state index contributed by atoms with van der Waals surface area (Å²) >= 11 is 4.33. The Morgan fingerprint density at radius 1 is 1.25 bits per heavy atom. The first-order valence-electron chi connectivity index (χ1n) is 7.89. The number of anilines is 3. The Morgan fingerprint density at radius 2 is 2.12 bits per heavy atom. The first-order valence-corrected chi connectivity index (χ1v) is 8.34. The van der Waals surface area contributed by atoms with E-state index in [0.717, 1.165) is 31.6 Å². The van der Waals surface area contributed by atoms with Crippen LogP contribution in [0.2, 0.25) is 0 Å². The van der Waals surface area contributed by atoms with Gasteiger partial charge in [-0.2, -0.15) is 0 Å². The van der Waals surface area contributed by atoms with Crippen molar-refractivity contribution in [2.45, 2.75) is 30.6 Å². The van der Waals surface area contributed by atoms with Gasteiger partial charge in [-0.3, -0.25) is 4.57 Å². The standard InChI is InChI=1S/C16H18N6OS/c17-10-5-1-2-6-11(10)19-14-13-15(21-16(24)20-14)22(9-18-13)12-7-3-4-8-23-12/h1-2,5-6,9,12H,3-4,7-8,17H2,(H2,19,20,21,24). The van der Waals surface area contributed by atoms with E-state index in [4.69, 9.17) is 10.5 Å². The van der Waals surface area contributed by atoms with Gasteiger partial charge in [0.15, 0.2) is 22.1 Å². The van der Waals surface area contributed by atoms with Crippen molar-refractivity contribution in [1.82, 2.24) is 19.5 Å². The molecule has 1 aliphatic heterocycles. The Hall–Kier alpha value is -2.32. The maximum atomic E-state index is 6.00. The molecule has 3 N–H and O–H groups in total. The van der Waals surface area contributed by atoms with Crippen LogP contribution in [0.15, 0.2) is 35.7 Å². The van der Waals surface area contributed by atoms with E-state index >= 15 is 0 Å². The molecule has 1 aromatic carbocycles. The number of benzene rings is 1. The van der Waals surface area contributed by atoms with Gasteiger partial charge in [0, 0.05) is 6.61 Å². The van der Waals surface area contributed by atoms with Crippen LogP contribution < -0.4 is 11.1 Å². The molecule has 124 valence electrons.